The van der Waals surface area contributed by atoms with Crippen LogP contribution in [0, 0.1) is 5.92 Å². The van der Waals surface area contributed by atoms with Gasteiger partial charge in [0.1, 0.15) is 6.04 Å². The Balaban J connectivity index is 1.80. The van der Waals surface area contributed by atoms with Crippen molar-refractivity contribution in [3.05, 3.63) is 23.8 Å². The number of hydrogen-bond donors (Lipinski definition) is 3. The summed E-state index contributed by atoms with van der Waals surface area (Å²) in [6, 6.07) is 6.20. The molecular weight excluding hydrogens is 288 g/mol. The van der Waals surface area contributed by atoms with Crippen LogP contribution >= 0.6 is 0 Å². The van der Waals surface area contributed by atoms with Gasteiger partial charge in [0.05, 0.1) is 11.4 Å². The van der Waals surface area contributed by atoms with Crippen molar-refractivity contribution < 1.29 is 9.90 Å². The third-order valence-corrected chi connectivity index (χ3v) is 4.48. The fourth-order valence-corrected chi connectivity index (χ4v) is 3.04. The highest BCUT2D eigenvalue weighted by atomic mass is 16.2. The van der Waals surface area contributed by atoms with E-state index in [1.54, 1.807) is 0 Å². The second-order valence-corrected chi connectivity index (χ2v) is 6.83. The van der Waals surface area contributed by atoms with Gasteiger partial charge in [-0.15, -0.1) is 0 Å². The number of anilines is 2. The summed E-state index contributed by atoms with van der Waals surface area (Å²) in [6.45, 7) is 4.42. The molecule has 128 valence electrons. The highest BCUT2D eigenvalue weighted by molar-refractivity contribution is 6.03. The molecule has 3 N–H and O–H groups in total. The highest BCUT2D eigenvalue weighted by Crippen LogP contribution is 2.30. The van der Waals surface area contributed by atoms with E-state index in [-0.39, 0.29) is 17.9 Å². The zero-order valence-corrected chi connectivity index (χ0v) is 14.4. The molecule has 0 bridgehead atoms. The van der Waals surface area contributed by atoms with Crippen LogP contribution in [-0.2, 0) is 11.2 Å². The van der Waals surface area contributed by atoms with Crippen LogP contribution in [0.2, 0.25) is 0 Å². The number of benzene rings is 1. The molecule has 0 aromatic heterocycles. The van der Waals surface area contributed by atoms with Gasteiger partial charge in [0, 0.05) is 6.61 Å². The number of carbonyl (C=O) groups is 1. The molecule has 0 saturated heterocycles. The average molecular weight is 318 g/mol. The standard InChI is InChI=1S/C19H30N2O2/c1-14(2)18-19(23)21-17-13-15(10-11-16(17)20-18)9-7-5-3-4-6-8-12-22/h10-11,13-14,18,20,22H,3-9,12H2,1-2H3,(H,21,23). The Labute approximate surface area is 139 Å². The van der Waals surface area contributed by atoms with Crippen LogP contribution in [0.15, 0.2) is 18.2 Å². The Kier molecular flexibility index (Phi) is 6.90. The Hall–Kier alpha value is -1.55. The molecule has 1 unspecified atom stereocenters. The van der Waals surface area contributed by atoms with Crippen molar-refractivity contribution in [1.82, 2.24) is 0 Å². The second-order valence-electron chi connectivity index (χ2n) is 6.83. The first kappa shape index (κ1) is 17.8. The van der Waals surface area contributed by atoms with E-state index >= 15 is 0 Å². The van der Waals surface area contributed by atoms with E-state index in [1.165, 1.54) is 31.2 Å². The molecule has 1 aliphatic rings. The van der Waals surface area contributed by atoms with Crippen LogP contribution in [0.3, 0.4) is 0 Å². The number of amides is 1. The molecule has 1 aliphatic heterocycles. The number of aryl methyl sites for hydroxylation is 1. The van der Waals surface area contributed by atoms with E-state index in [0.29, 0.717) is 6.61 Å². The van der Waals surface area contributed by atoms with Crippen molar-refractivity contribution in [2.24, 2.45) is 5.92 Å². The Morgan fingerprint density at radius 2 is 1.74 bits per heavy atom. The maximum Gasteiger partial charge on any atom is 0.247 e. The number of fused-ring (bicyclic) bond motifs is 1. The highest BCUT2D eigenvalue weighted by Gasteiger charge is 2.27. The smallest absolute Gasteiger partial charge is 0.247 e. The van der Waals surface area contributed by atoms with Crippen molar-refractivity contribution in [2.45, 2.75) is 64.8 Å². The summed E-state index contributed by atoms with van der Waals surface area (Å²) in [5.41, 5.74) is 3.22. The van der Waals surface area contributed by atoms with Gasteiger partial charge in [-0.25, -0.2) is 0 Å². The minimum absolute atomic E-state index is 0.0635. The molecule has 0 aliphatic carbocycles. The predicted molar refractivity (Wildman–Crippen MR) is 95.8 cm³/mol. The van der Waals surface area contributed by atoms with Crippen molar-refractivity contribution in [3.63, 3.8) is 0 Å². The van der Waals surface area contributed by atoms with Gasteiger partial charge < -0.3 is 15.7 Å². The van der Waals surface area contributed by atoms with E-state index in [0.717, 1.165) is 30.6 Å². The predicted octanol–water partition coefficient (Wildman–Crippen LogP) is 3.95. The van der Waals surface area contributed by atoms with Crippen molar-refractivity contribution >= 4 is 17.3 Å². The molecule has 0 radical (unpaired) electrons. The first-order chi connectivity index (χ1) is 11.1. The third kappa shape index (κ3) is 5.24. The summed E-state index contributed by atoms with van der Waals surface area (Å²) in [5, 5.41) is 15.1. The molecule has 0 fully saturated rings. The minimum atomic E-state index is -0.146. The lowest BCUT2D eigenvalue weighted by atomic mass is 9.98. The number of hydrogen-bond acceptors (Lipinski definition) is 3. The molecule has 1 aromatic carbocycles. The van der Waals surface area contributed by atoms with Crippen molar-refractivity contribution in [2.75, 3.05) is 17.2 Å². The minimum Gasteiger partial charge on any atom is -0.396 e. The second kappa shape index (κ2) is 8.92. The van der Waals surface area contributed by atoms with Gasteiger partial charge >= 0.3 is 0 Å². The van der Waals surface area contributed by atoms with Gasteiger partial charge in [0.2, 0.25) is 5.91 Å². The molecule has 2 rings (SSSR count). The van der Waals surface area contributed by atoms with E-state index < -0.39 is 0 Å². The summed E-state index contributed by atoms with van der Waals surface area (Å²) in [6.07, 6.45) is 7.95. The summed E-state index contributed by atoms with van der Waals surface area (Å²) in [5.74, 6) is 0.335. The molecule has 0 saturated carbocycles. The molecular formula is C19H30N2O2. The SMILES string of the molecule is CC(C)C1Nc2ccc(CCCCCCCCO)cc2NC1=O. The van der Waals surface area contributed by atoms with Crippen LogP contribution in [0.25, 0.3) is 0 Å². The maximum atomic E-state index is 12.1. The largest absolute Gasteiger partial charge is 0.396 e. The number of aliphatic hydroxyl groups excluding tert-OH is 1. The number of rotatable bonds is 9. The summed E-state index contributed by atoms with van der Waals surface area (Å²) >= 11 is 0. The molecule has 23 heavy (non-hydrogen) atoms. The van der Waals surface area contributed by atoms with Gasteiger partial charge in [-0.2, -0.15) is 0 Å². The van der Waals surface area contributed by atoms with Gasteiger partial charge in [-0.05, 0) is 42.9 Å². The zero-order chi connectivity index (χ0) is 16.7. The van der Waals surface area contributed by atoms with Gasteiger partial charge in [-0.1, -0.05) is 45.6 Å². The summed E-state index contributed by atoms with van der Waals surface area (Å²) in [4.78, 5) is 12.1. The Morgan fingerprint density at radius 3 is 2.43 bits per heavy atom. The van der Waals surface area contributed by atoms with E-state index in [9.17, 15) is 4.79 Å². The first-order valence-electron chi connectivity index (χ1n) is 8.93. The fourth-order valence-electron chi connectivity index (χ4n) is 3.04. The van der Waals surface area contributed by atoms with E-state index in [4.69, 9.17) is 5.11 Å². The maximum absolute atomic E-state index is 12.1. The van der Waals surface area contributed by atoms with Crippen LogP contribution in [-0.4, -0.2) is 23.7 Å². The quantitative estimate of drug-likeness (QED) is 0.604. The van der Waals surface area contributed by atoms with Crippen molar-refractivity contribution in [1.29, 1.82) is 0 Å². The third-order valence-electron chi connectivity index (χ3n) is 4.48. The van der Waals surface area contributed by atoms with E-state index in [1.807, 2.05) is 0 Å². The van der Waals surface area contributed by atoms with Crippen LogP contribution in [0.5, 0.6) is 0 Å². The zero-order valence-electron chi connectivity index (χ0n) is 14.4. The van der Waals surface area contributed by atoms with Crippen LogP contribution in [0.1, 0.15) is 57.9 Å². The molecule has 0 spiro atoms. The van der Waals surface area contributed by atoms with Gasteiger partial charge in [0.15, 0.2) is 0 Å². The van der Waals surface area contributed by atoms with Crippen LogP contribution < -0.4 is 10.6 Å². The lowest BCUT2D eigenvalue weighted by Crippen LogP contribution is -2.42. The van der Waals surface area contributed by atoms with Crippen molar-refractivity contribution in [3.8, 4) is 0 Å². The molecule has 1 aromatic rings. The Bertz CT molecular complexity index is 514. The lowest BCUT2D eigenvalue weighted by Gasteiger charge is -2.29. The lowest BCUT2D eigenvalue weighted by molar-refractivity contribution is -0.117. The number of carbonyl (C=O) groups excluding carboxylic acids is 1. The number of aliphatic hydroxyl groups is 1. The number of unbranched alkanes of at least 4 members (excludes halogenated alkanes) is 5. The molecule has 1 amide bonds. The monoisotopic (exact) mass is 318 g/mol. The topological polar surface area (TPSA) is 61.4 Å². The van der Waals surface area contributed by atoms with Crippen LogP contribution in [0.4, 0.5) is 11.4 Å². The number of nitrogens with one attached hydrogen (secondary N) is 2. The molecule has 4 nitrogen and oxygen atoms in total. The first-order valence-corrected chi connectivity index (χ1v) is 8.93. The Morgan fingerprint density at radius 1 is 1.04 bits per heavy atom. The molecule has 4 heteroatoms. The molecule has 1 atom stereocenters. The summed E-state index contributed by atoms with van der Waals surface area (Å²) in [7, 11) is 0. The average Bonchev–Trinajstić information content (AvgIpc) is 2.53. The normalized spacial score (nSPS) is 16.9. The van der Waals surface area contributed by atoms with E-state index in [2.05, 4.69) is 42.7 Å². The summed E-state index contributed by atoms with van der Waals surface area (Å²) < 4.78 is 0. The van der Waals surface area contributed by atoms with Gasteiger partial charge in [0.25, 0.3) is 0 Å². The molecule has 1 heterocycles. The van der Waals surface area contributed by atoms with Gasteiger partial charge in [-0.3, -0.25) is 4.79 Å². The fraction of sp³-hybridized carbons (Fsp3) is 0.632.